The van der Waals surface area contributed by atoms with Crippen LogP contribution in [-0.2, 0) is 4.79 Å². The van der Waals surface area contributed by atoms with Gasteiger partial charge in [-0.1, -0.05) is 0 Å². The topological polar surface area (TPSA) is 73.2 Å². The van der Waals surface area contributed by atoms with Crippen molar-refractivity contribution in [2.45, 2.75) is 32.2 Å². The fourth-order valence-corrected chi connectivity index (χ4v) is 1.34. The summed E-state index contributed by atoms with van der Waals surface area (Å²) < 4.78 is 0. The Hall–Kier alpha value is -1.57. The molecule has 0 bridgehead atoms. The summed E-state index contributed by atoms with van der Waals surface area (Å²) in [5.74, 6) is -0.222. The molecule has 0 aromatic rings. The second-order valence-electron chi connectivity index (χ2n) is 3.77. The fourth-order valence-electron chi connectivity index (χ4n) is 1.34. The van der Waals surface area contributed by atoms with Crippen LogP contribution in [0, 0.1) is 11.3 Å². The molecule has 1 fully saturated rings. The number of nitrogens with one attached hydrogen (secondary N) is 1. The minimum atomic E-state index is -0.802. The summed E-state index contributed by atoms with van der Waals surface area (Å²) in [6.07, 6.45) is 0.892. The van der Waals surface area contributed by atoms with Gasteiger partial charge >= 0.3 is 6.03 Å². The van der Waals surface area contributed by atoms with Gasteiger partial charge in [-0.15, -0.1) is 0 Å². The van der Waals surface area contributed by atoms with Crippen molar-refractivity contribution in [3.63, 3.8) is 0 Å². The van der Waals surface area contributed by atoms with Gasteiger partial charge in [0, 0.05) is 13.0 Å². The van der Waals surface area contributed by atoms with Crippen molar-refractivity contribution in [1.29, 1.82) is 5.26 Å². The molecule has 0 aliphatic carbocycles. The summed E-state index contributed by atoms with van der Waals surface area (Å²) in [6.45, 7) is 3.65. The molecule has 1 N–H and O–H groups in total. The monoisotopic (exact) mass is 195 g/mol. The molecule has 14 heavy (non-hydrogen) atoms. The Morgan fingerprint density at radius 1 is 1.50 bits per heavy atom. The lowest BCUT2D eigenvalue weighted by atomic mass is 10.1. The molecule has 1 aliphatic rings. The minimum absolute atomic E-state index is 0.222. The molecular weight excluding hydrogens is 182 g/mol. The van der Waals surface area contributed by atoms with Crippen molar-refractivity contribution in [2.24, 2.45) is 0 Å². The zero-order valence-electron chi connectivity index (χ0n) is 8.33. The van der Waals surface area contributed by atoms with Gasteiger partial charge < -0.3 is 5.32 Å². The number of hydrogen-bond acceptors (Lipinski definition) is 3. The number of hydrogen-bond donors (Lipinski definition) is 1. The maximum absolute atomic E-state index is 11.6. The molecule has 0 unspecified atom stereocenters. The number of carbonyl (C=O) groups excluding carboxylic acids is 2. The number of rotatable bonds is 3. The summed E-state index contributed by atoms with van der Waals surface area (Å²) in [7, 11) is 0. The second kappa shape index (κ2) is 3.66. The van der Waals surface area contributed by atoms with E-state index in [4.69, 9.17) is 5.26 Å². The standard InChI is InChI=1S/C9H13N3O2/c1-9(2)7(13)12(8(14)11-9)6-4-3-5-10/h3-4,6H2,1-2H3,(H,11,14). The number of nitriles is 1. The number of amides is 3. The first-order valence-corrected chi connectivity index (χ1v) is 4.50. The lowest BCUT2D eigenvalue weighted by Gasteiger charge is -2.15. The average Bonchev–Trinajstić information content (AvgIpc) is 2.27. The highest BCUT2D eigenvalue weighted by atomic mass is 16.2. The Kier molecular flexibility index (Phi) is 2.75. The minimum Gasteiger partial charge on any atom is -0.324 e. The Balaban J connectivity index is 2.59. The fraction of sp³-hybridized carbons (Fsp3) is 0.667. The van der Waals surface area contributed by atoms with Crippen LogP contribution in [0.2, 0.25) is 0 Å². The van der Waals surface area contributed by atoms with E-state index >= 15 is 0 Å². The van der Waals surface area contributed by atoms with Crippen LogP contribution in [0.1, 0.15) is 26.7 Å². The smallest absolute Gasteiger partial charge is 0.324 e. The molecule has 3 amide bonds. The number of nitrogens with zero attached hydrogens (tertiary/aromatic N) is 2. The SMILES string of the molecule is CC1(C)NC(=O)N(CCCC#N)C1=O. The third-order valence-corrected chi connectivity index (χ3v) is 2.11. The zero-order chi connectivity index (χ0) is 10.8. The van der Waals surface area contributed by atoms with Crippen LogP contribution >= 0.6 is 0 Å². The van der Waals surface area contributed by atoms with Gasteiger partial charge in [-0.05, 0) is 20.3 Å². The molecule has 5 nitrogen and oxygen atoms in total. The molecule has 0 radical (unpaired) electrons. The molecule has 1 heterocycles. The molecule has 0 atom stereocenters. The van der Waals surface area contributed by atoms with Crippen LogP contribution in [0.3, 0.4) is 0 Å². The van der Waals surface area contributed by atoms with E-state index in [1.54, 1.807) is 13.8 Å². The maximum atomic E-state index is 11.6. The highest BCUT2D eigenvalue weighted by Gasteiger charge is 2.43. The van der Waals surface area contributed by atoms with Gasteiger partial charge in [-0.25, -0.2) is 4.79 Å². The number of imide groups is 1. The van der Waals surface area contributed by atoms with Gasteiger partial charge in [0.2, 0.25) is 0 Å². The zero-order valence-corrected chi connectivity index (χ0v) is 8.33. The van der Waals surface area contributed by atoms with Crippen LogP contribution in [0.15, 0.2) is 0 Å². The Bertz CT molecular complexity index is 304. The predicted octanol–water partition coefficient (Wildman–Crippen LogP) is 0.621. The molecule has 0 saturated carbocycles. The van der Waals surface area contributed by atoms with E-state index in [9.17, 15) is 9.59 Å². The lowest BCUT2D eigenvalue weighted by Crippen LogP contribution is -2.40. The van der Waals surface area contributed by atoms with E-state index in [2.05, 4.69) is 5.32 Å². The van der Waals surface area contributed by atoms with Gasteiger partial charge in [0.05, 0.1) is 6.07 Å². The van der Waals surface area contributed by atoms with E-state index in [1.807, 2.05) is 6.07 Å². The third kappa shape index (κ3) is 1.84. The number of urea groups is 1. The van der Waals surface area contributed by atoms with E-state index < -0.39 is 5.54 Å². The summed E-state index contributed by atoms with van der Waals surface area (Å²) in [4.78, 5) is 24.1. The first-order valence-electron chi connectivity index (χ1n) is 4.50. The van der Waals surface area contributed by atoms with E-state index in [0.717, 1.165) is 4.90 Å². The van der Waals surface area contributed by atoms with Crippen molar-refractivity contribution < 1.29 is 9.59 Å². The maximum Gasteiger partial charge on any atom is 0.325 e. The largest absolute Gasteiger partial charge is 0.325 e. The third-order valence-electron chi connectivity index (χ3n) is 2.11. The first-order chi connectivity index (χ1) is 6.49. The van der Waals surface area contributed by atoms with Crippen LogP contribution in [0.4, 0.5) is 4.79 Å². The highest BCUT2D eigenvalue weighted by molar-refractivity contribution is 6.06. The molecule has 1 aliphatic heterocycles. The van der Waals surface area contributed by atoms with Crippen molar-refractivity contribution in [3.8, 4) is 6.07 Å². The normalized spacial score (nSPS) is 19.4. The summed E-state index contributed by atoms with van der Waals surface area (Å²) >= 11 is 0. The van der Waals surface area contributed by atoms with E-state index in [1.165, 1.54) is 0 Å². The van der Waals surface area contributed by atoms with E-state index in [0.29, 0.717) is 19.4 Å². The molecule has 1 saturated heterocycles. The Labute approximate surface area is 82.7 Å². The van der Waals surface area contributed by atoms with Crippen LogP contribution < -0.4 is 5.32 Å². The average molecular weight is 195 g/mol. The van der Waals surface area contributed by atoms with Crippen LogP contribution in [-0.4, -0.2) is 28.9 Å². The van der Waals surface area contributed by atoms with Gasteiger partial charge in [-0.3, -0.25) is 9.69 Å². The van der Waals surface area contributed by atoms with Gasteiger partial charge in [0.1, 0.15) is 5.54 Å². The summed E-state index contributed by atoms with van der Waals surface area (Å²) in [6, 6.07) is 1.61. The van der Waals surface area contributed by atoms with Gasteiger partial charge in [0.15, 0.2) is 0 Å². The Morgan fingerprint density at radius 2 is 2.14 bits per heavy atom. The van der Waals surface area contributed by atoms with Gasteiger partial charge in [0.25, 0.3) is 5.91 Å². The molecular formula is C9H13N3O2. The van der Waals surface area contributed by atoms with E-state index in [-0.39, 0.29) is 11.9 Å². The predicted molar refractivity (Wildman–Crippen MR) is 49.2 cm³/mol. The molecule has 0 aromatic carbocycles. The van der Waals surface area contributed by atoms with Crippen LogP contribution in [0.25, 0.3) is 0 Å². The molecule has 0 spiro atoms. The van der Waals surface area contributed by atoms with Crippen molar-refractivity contribution in [2.75, 3.05) is 6.54 Å². The van der Waals surface area contributed by atoms with Gasteiger partial charge in [-0.2, -0.15) is 5.26 Å². The summed E-state index contributed by atoms with van der Waals surface area (Å²) in [5, 5.41) is 10.9. The van der Waals surface area contributed by atoms with Crippen molar-refractivity contribution in [3.05, 3.63) is 0 Å². The van der Waals surface area contributed by atoms with Crippen LogP contribution in [0.5, 0.6) is 0 Å². The molecule has 0 aromatic heterocycles. The quantitative estimate of drug-likeness (QED) is 0.530. The molecule has 76 valence electrons. The highest BCUT2D eigenvalue weighted by Crippen LogP contribution is 2.16. The summed E-state index contributed by atoms with van der Waals surface area (Å²) in [5.41, 5.74) is -0.802. The number of carbonyl (C=O) groups is 2. The number of unbranched alkanes of at least 4 members (excludes halogenated alkanes) is 1. The molecule has 1 rings (SSSR count). The first kappa shape index (κ1) is 10.5. The molecule has 5 heteroatoms. The van der Waals surface area contributed by atoms with Crippen molar-refractivity contribution >= 4 is 11.9 Å². The van der Waals surface area contributed by atoms with Crippen molar-refractivity contribution in [1.82, 2.24) is 10.2 Å². The Morgan fingerprint density at radius 3 is 2.57 bits per heavy atom. The lowest BCUT2D eigenvalue weighted by molar-refractivity contribution is -0.130. The second-order valence-corrected chi connectivity index (χ2v) is 3.77.